The number of hydrogen-bond acceptors (Lipinski definition) is 6. The van der Waals surface area contributed by atoms with E-state index >= 15 is 0 Å². The predicted molar refractivity (Wildman–Crippen MR) is 71.9 cm³/mol. The van der Waals surface area contributed by atoms with E-state index < -0.39 is 6.10 Å². The molecule has 0 aliphatic heterocycles. The zero-order valence-electron chi connectivity index (χ0n) is 12.4. The molecule has 0 aromatic carbocycles. The van der Waals surface area contributed by atoms with E-state index in [2.05, 4.69) is 0 Å². The summed E-state index contributed by atoms with van der Waals surface area (Å²) in [4.78, 5) is 10.2. The van der Waals surface area contributed by atoms with Crippen molar-refractivity contribution in [2.24, 2.45) is 0 Å². The van der Waals surface area contributed by atoms with Crippen LogP contribution in [0, 0.1) is 0 Å². The molecule has 0 saturated carbocycles. The van der Waals surface area contributed by atoms with Gasteiger partial charge in [0, 0.05) is 20.6 Å². The van der Waals surface area contributed by atoms with Crippen molar-refractivity contribution in [1.29, 1.82) is 0 Å². The van der Waals surface area contributed by atoms with Gasteiger partial charge in [-0.15, -0.1) is 0 Å². The van der Waals surface area contributed by atoms with E-state index in [-0.39, 0.29) is 18.7 Å². The second-order valence-corrected chi connectivity index (χ2v) is 4.22. The minimum atomic E-state index is -0.445. The summed E-state index contributed by atoms with van der Waals surface area (Å²) in [6.45, 7) is 6.36. The lowest BCUT2D eigenvalue weighted by Gasteiger charge is -2.10. The molecule has 2 unspecified atom stereocenters. The molecule has 116 valence electrons. The minimum Gasteiger partial charge on any atom is -0.466 e. The van der Waals surface area contributed by atoms with Crippen LogP contribution in [0.4, 0.5) is 0 Å². The van der Waals surface area contributed by atoms with E-state index in [0.717, 1.165) is 19.4 Å². The molecule has 0 amide bonds. The summed E-state index contributed by atoms with van der Waals surface area (Å²) in [5.74, 6) is -0.211. The van der Waals surface area contributed by atoms with E-state index in [1.54, 1.807) is 21.0 Å². The first-order chi connectivity index (χ1) is 8.93. The van der Waals surface area contributed by atoms with Crippen molar-refractivity contribution in [1.82, 2.24) is 0 Å². The third-order valence-corrected chi connectivity index (χ3v) is 1.93. The summed E-state index contributed by atoms with van der Waals surface area (Å²) < 4.78 is 14.5. The van der Waals surface area contributed by atoms with Crippen molar-refractivity contribution in [2.75, 3.05) is 33.5 Å². The Hall–Kier alpha value is -0.690. The molecule has 0 heterocycles. The van der Waals surface area contributed by atoms with Gasteiger partial charge in [0.05, 0.1) is 32.0 Å². The Bertz CT molecular complexity index is 196. The van der Waals surface area contributed by atoms with Crippen LogP contribution in [-0.2, 0) is 19.0 Å². The van der Waals surface area contributed by atoms with Crippen molar-refractivity contribution in [3.8, 4) is 0 Å². The Kier molecular flexibility index (Phi) is 16.7. The molecule has 0 saturated heterocycles. The van der Waals surface area contributed by atoms with Crippen LogP contribution in [0.2, 0.25) is 0 Å². The predicted octanol–water partition coefficient (Wildman–Crippen LogP) is 0.741. The topological polar surface area (TPSA) is 85.2 Å². The van der Waals surface area contributed by atoms with Crippen LogP contribution in [0.15, 0.2) is 0 Å². The molecular weight excluding hydrogens is 252 g/mol. The molecule has 0 bridgehead atoms. The molecule has 0 radical (unpaired) electrons. The normalized spacial score (nSPS) is 13.2. The second-order valence-electron chi connectivity index (χ2n) is 4.22. The van der Waals surface area contributed by atoms with Gasteiger partial charge in [0.1, 0.15) is 0 Å². The fourth-order valence-corrected chi connectivity index (χ4v) is 0.921. The van der Waals surface area contributed by atoms with Gasteiger partial charge in [-0.25, -0.2) is 0 Å². The van der Waals surface area contributed by atoms with Crippen LogP contribution in [0.3, 0.4) is 0 Å². The highest BCUT2D eigenvalue weighted by Crippen LogP contribution is 1.90. The van der Waals surface area contributed by atoms with Crippen molar-refractivity contribution in [3.05, 3.63) is 0 Å². The lowest BCUT2D eigenvalue weighted by Crippen LogP contribution is -2.19. The summed E-state index contributed by atoms with van der Waals surface area (Å²) in [7, 11) is 1.66. The summed E-state index contributed by atoms with van der Waals surface area (Å²) in [5.41, 5.74) is 0. The van der Waals surface area contributed by atoms with Crippen LogP contribution >= 0.6 is 0 Å². The number of hydrogen-bond donors (Lipinski definition) is 2. The lowest BCUT2D eigenvalue weighted by molar-refractivity contribution is -0.141. The van der Waals surface area contributed by atoms with Crippen molar-refractivity contribution in [3.63, 3.8) is 0 Å². The third kappa shape index (κ3) is 22.9. The molecule has 0 aromatic heterocycles. The van der Waals surface area contributed by atoms with Gasteiger partial charge in [-0.2, -0.15) is 0 Å². The summed E-state index contributed by atoms with van der Waals surface area (Å²) in [5, 5.41) is 17.1. The van der Waals surface area contributed by atoms with Gasteiger partial charge in [-0.1, -0.05) is 0 Å². The number of rotatable bonds is 9. The molecule has 0 rings (SSSR count). The van der Waals surface area contributed by atoms with Gasteiger partial charge >= 0.3 is 5.97 Å². The van der Waals surface area contributed by atoms with Crippen LogP contribution < -0.4 is 0 Å². The van der Waals surface area contributed by atoms with Gasteiger partial charge in [0.2, 0.25) is 0 Å². The molecular formula is C13H28O6. The Morgan fingerprint density at radius 2 is 1.79 bits per heavy atom. The fraction of sp³-hybridized carbons (Fsp3) is 0.923. The van der Waals surface area contributed by atoms with Crippen molar-refractivity contribution < 1.29 is 29.2 Å². The number of aliphatic hydroxyl groups excluding tert-OH is 2. The van der Waals surface area contributed by atoms with Crippen LogP contribution in [-0.4, -0.2) is 61.9 Å². The first-order valence-electron chi connectivity index (χ1n) is 6.46. The number of ether oxygens (including phenoxy) is 3. The number of carbonyl (C=O) groups excluding carboxylic acids is 1. The number of methoxy groups -OCH3 is 1. The van der Waals surface area contributed by atoms with Gasteiger partial charge in [0.25, 0.3) is 0 Å². The van der Waals surface area contributed by atoms with Crippen LogP contribution in [0.5, 0.6) is 0 Å². The molecule has 2 N–H and O–H groups in total. The van der Waals surface area contributed by atoms with E-state index in [4.69, 9.17) is 24.4 Å². The SMILES string of the molecule is CC(O)COC(C)CO.COCCCCOC(C)=O. The molecule has 0 spiro atoms. The van der Waals surface area contributed by atoms with Crippen LogP contribution in [0.1, 0.15) is 33.6 Å². The van der Waals surface area contributed by atoms with Crippen molar-refractivity contribution >= 4 is 5.97 Å². The molecule has 0 aromatic rings. The number of carbonyl (C=O) groups is 1. The summed E-state index contributed by atoms with van der Waals surface area (Å²) in [6, 6.07) is 0. The van der Waals surface area contributed by atoms with Crippen molar-refractivity contribution in [2.45, 2.75) is 45.8 Å². The first-order valence-corrected chi connectivity index (χ1v) is 6.46. The quantitative estimate of drug-likeness (QED) is 0.478. The van der Waals surface area contributed by atoms with Gasteiger partial charge in [-0.05, 0) is 26.7 Å². The second kappa shape index (κ2) is 15.4. The lowest BCUT2D eigenvalue weighted by atomic mass is 10.3. The maximum atomic E-state index is 10.2. The Balaban J connectivity index is 0. The Morgan fingerprint density at radius 1 is 1.21 bits per heavy atom. The average molecular weight is 280 g/mol. The standard InChI is InChI=1S/C7H14O3.C6H14O3/c1-7(8)10-6-4-3-5-9-2;1-5(8)4-9-6(2)3-7/h3-6H2,1-2H3;5-8H,3-4H2,1-2H3. The van der Waals surface area contributed by atoms with Gasteiger partial charge < -0.3 is 24.4 Å². The first kappa shape index (κ1) is 20.6. The zero-order chi connectivity index (χ0) is 15.1. The Morgan fingerprint density at radius 3 is 2.21 bits per heavy atom. The zero-order valence-corrected chi connectivity index (χ0v) is 12.4. The third-order valence-electron chi connectivity index (χ3n) is 1.93. The number of unbranched alkanes of at least 4 members (excludes halogenated alkanes) is 1. The average Bonchev–Trinajstić information content (AvgIpc) is 2.36. The highest BCUT2D eigenvalue weighted by molar-refractivity contribution is 5.65. The molecule has 6 nitrogen and oxygen atoms in total. The van der Waals surface area contributed by atoms with E-state index in [0.29, 0.717) is 13.2 Å². The monoisotopic (exact) mass is 280 g/mol. The van der Waals surface area contributed by atoms with Gasteiger partial charge in [0.15, 0.2) is 0 Å². The summed E-state index contributed by atoms with van der Waals surface area (Å²) >= 11 is 0. The maximum Gasteiger partial charge on any atom is 0.302 e. The summed E-state index contributed by atoms with van der Waals surface area (Å²) in [6.07, 6.45) is 1.22. The molecule has 0 aliphatic rings. The largest absolute Gasteiger partial charge is 0.466 e. The molecule has 2 atom stereocenters. The number of esters is 1. The fourth-order valence-electron chi connectivity index (χ4n) is 0.921. The highest BCUT2D eigenvalue weighted by atomic mass is 16.5. The maximum absolute atomic E-state index is 10.2. The minimum absolute atomic E-state index is 0.00667. The molecule has 6 heteroatoms. The molecule has 0 fully saturated rings. The van der Waals surface area contributed by atoms with E-state index in [1.807, 2.05) is 0 Å². The van der Waals surface area contributed by atoms with Crippen LogP contribution in [0.25, 0.3) is 0 Å². The molecule has 0 aliphatic carbocycles. The van der Waals surface area contributed by atoms with E-state index in [1.165, 1.54) is 6.92 Å². The van der Waals surface area contributed by atoms with Gasteiger partial charge in [-0.3, -0.25) is 4.79 Å². The Labute approximate surface area is 115 Å². The number of aliphatic hydroxyl groups is 2. The smallest absolute Gasteiger partial charge is 0.302 e. The highest BCUT2D eigenvalue weighted by Gasteiger charge is 2.00. The molecule has 19 heavy (non-hydrogen) atoms. The van der Waals surface area contributed by atoms with E-state index in [9.17, 15) is 4.79 Å².